The van der Waals surface area contributed by atoms with Crippen LogP contribution in [0, 0.1) is 11.8 Å². The first kappa shape index (κ1) is 14.3. The molecule has 3 heteroatoms. The number of methoxy groups -OCH3 is 1. The van der Waals surface area contributed by atoms with E-state index in [4.69, 9.17) is 9.84 Å². The van der Waals surface area contributed by atoms with Gasteiger partial charge in [-0.1, -0.05) is 24.7 Å². The number of aliphatic hydroxyl groups excluding tert-OH is 1. The standard InChI is InChI=1S/C16H20O2S/c1-18-16-9-8-13(5-4-10-17)11-14(16)12-19-15-6-2-3-7-15/h8-9,11,15,17H,2-3,6-7,10,12H2,1H3. The molecule has 0 unspecified atom stereocenters. The minimum atomic E-state index is -0.0990. The van der Waals surface area contributed by atoms with E-state index in [-0.39, 0.29) is 6.61 Å². The number of hydrogen-bond donors (Lipinski definition) is 1. The molecule has 1 N–H and O–H groups in total. The summed E-state index contributed by atoms with van der Waals surface area (Å²) in [6.07, 6.45) is 5.43. The Bertz CT molecular complexity index is 467. The molecule has 1 fully saturated rings. The van der Waals surface area contributed by atoms with Crippen molar-refractivity contribution >= 4 is 11.8 Å². The number of thioether (sulfide) groups is 1. The van der Waals surface area contributed by atoms with E-state index in [2.05, 4.69) is 17.9 Å². The predicted molar refractivity (Wildman–Crippen MR) is 80.5 cm³/mol. The normalized spacial score (nSPS) is 15.1. The average Bonchev–Trinajstić information content (AvgIpc) is 2.96. The van der Waals surface area contributed by atoms with Crippen molar-refractivity contribution in [1.82, 2.24) is 0 Å². The molecule has 2 nitrogen and oxygen atoms in total. The third-order valence-corrected chi connectivity index (χ3v) is 4.79. The van der Waals surface area contributed by atoms with Gasteiger partial charge in [-0.25, -0.2) is 0 Å². The van der Waals surface area contributed by atoms with Gasteiger partial charge in [0, 0.05) is 22.1 Å². The second kappa shape index (κ2) is 7.47. The Kier molecular flexibility index (Phi) is 5.62. The summed E-state index contributed by atoms with van der Waals surface area (Å²) < 4.78 is 5.41. The lowest BCUT2D eigenvalue weighted by atomic mass is 10.1. The molecule has 0 bridgehead atoms. The minimum Gasteiger partial charge on any atom is -0.496 e. The highest BCUT2D eigenvalue weighted by molar-refractivity contribution is 7.99. The topological polar surface area (TPSA) is 29.5 Å². The van der Waals surface area contributed by atoms with E-state index in [1.54, 1.807) is 7.11 Å². The molecule has 102 valence electrons. The van der Waals surface area contributed by atoms with Crippen LogP contribution in [0.1, 0.15) is 36.8 Å². The van der Waals surface area contributed by atoms with Gasteiger partial charge in [0.25, 0.3) is 0 Å². The molecule has 1 aromatic carbocycles. The molecule has 0 amide bonds. The maximum absolute atomic E-state index is 8.74. The quantitative estimate of drug-likeness (QED) is 0.856. The second-order valence-corrected chi connectivity index (χ2v) is 5.99. The Morgan fingerprint density at radius 3 is 2.84 bits per heavy atom. The van der Waals surface area contributed by atoms with Crippen molar-refractivity contribution in [1.29, 1.82) is 0 Å². The van der Waals surface area contributed by atoms with Crippen molar-refractivity contribution in [3.8, 4) is 17.6 Å². The van der Waals surface area contributed by atoms with Gasteiger partial charge < -0.3 is 9.84 Å². The van der Waals surface area contributed by atoms with Crippen LogP contribution in [-0.4, -0.2) is 24.1 Å². The van der Waals surface area contributed by atoms with Crippen LogP contribution in [0.5, 0.6) is 5.75 Å². The Morgan fingerprint density at radius 2 is 2.16 bits per heavy atom. The van der Waals surface area contributed by atoms with Crippen molar-refractivity contribution in [3.05, 3.63) is 29.3 Å². The highest BCUT2D eigenvalue weighted by atomic mass is 32.2. The first-order chi connectivity index (χ1) is 9.33. The molecular formula is C16H20O2S. The van der Waals surface area contributed by atoms with Crippen molar-refractivity contribution in [2.24, 2.45) is 0 Å². The zero-order valence-electron chi connectivity index (χ0n) is 11.3. The molecule has 2 rings (SSSR count). The molecule has 1 aromatic rings. The van der Waals surface area contributed by atoms with E-state index in [1.165, 1.54) is 31.2 Å². The van der Waals surface area contributed by atoms with Gasteiger partial charge in [-0.3, -0.25) is 0 Å². The van der Waals surface area contributed by atoms with E-state index in [9.17, 15) is 0 Å². The van der Waals surface area contributed by atoms with Crippen LogP contribution in [-0.2, 0) is 5.75 Å². The lowest BCUT2D eigenvalue weighted by Gasteiger charge is -2.12. The third kappa shape index (κ3) is 4.19. The zero-order chi connectivity index (χ0) is 13.5. The Labute approximate surface area is 119 Å². The molecule has 19 heavy (non-hydrogen) atoms. The molecule has 0 heterocycles. The monoisotopic (exact) mass is 276 g/mol. The van der Waals surface area contributed by atoms with Crippen molar-refractivity contribution < 1.29 is 9.84 Å². The molecule has 0 atom stereocenters. The average molecular weight is 276 g/mol. The highest BCUT2D eigenvalue weighted by Crippen LogP contribution is 2.33. The molecule has 1 saturated carbocycles. The summed E-state index contributed by atoms with van der Waals surface area (Å²) >= 11 is 2.02. The molecule has 1 aliphatic carbocycles. The minimum absolute atomic E-state index is 0.0990. The summed E-state index contributed by atoms with van der Waals surface area (Å²) in [5, 5.41) is 9.54. The number of ether oxygens (including phenoxy) is 1. The first-order valence-corrected chi connectivity index (χ1v) is 7.76. The van der Waals surface area contributed by atoms with Gasteiger partial charge in [0.2, 0.25) is 0 Å². The van der Waals surface area contributed by atoms with E-state index in [1.807, 2.05) is 23.9 Å². The zero-order valence-corrected chi connectivity index (χ0v) is 12.1. The molecule has 1 aliphatic rings. The van der Waals surface area contributed by atoms with Gasteiger partial charge in [0.1, 0.15) is 12.4 Å². The van der Waals surface area contributed by atoms with Crippen LogP contribution in [0.2, 0.25) is 0 Å². The molecule has 0 saturated heterocycles. The molecular weight excluding hydrogens is 256 g/mol. The van der Waals surface area contributed by atoms with Gasteiger partial charge in [0.05, 0.1) is 7.11 Å². The van der Waals surface area contributed by atoms with Gasteiger partial charge in [0.15, 0.2) is 0 Å². The smallest absolute Gasteiger partial charge is 0.122 e. The predicted octanol–water partition coefficient (Wildman–Crippen LogP) is 3.21. The highest BCUT2D eigenvalue weighted by Gasteiger charge is 2.16. The lowest BCUT2D eigenvalue weighted by molar-refractivity contribution is 0.350. The van der Waals surface area contributed by atoms with Crippen LogP contribution in [0.3, 0.4) is 0 Å². The summed E-state index contributed by atoms with van der Waals surface area (Å²) in [4.78, 5) is 0. The summed E-state index contributed by atoms with van der Waals surface area (Å²) in [5.41, 5.74) is 2.14. The van der Waals surface area contributed by atoms with Gasteiger partial charge in [-0.15, -0.1) is 0 Å². The SMILES string of the molecule is COc1ccc(C#CCO)cc1CSC1CCCC1. The summed E-state index contributed by atoms with van der Waals surface area (Å²) in [7, 11) is 1.71. The fourth-order valence-corrected chi connectivity index (χ4v) is 3.68. The molecule has 0 spiro atoms. The third-order valence-electron chi connectivity index (χ3n) is 3.37. The van der Waals surface area contributed by atoms with Crippen LogP contribution < -0.4 is 4.74 Å². The summed E-state index contributed by atoms with van der Waals surface area (Å²) in [6, 6.07) is 5.97. The van der Waals surface area contributed by atoms with Crippen molar-refractivity contribution in [3.63, 3.8) is 0 Å². The summed E-state index contributed by atoms with van der Waals surface area (Å²) in [5.74, 6) is 7.54. The molecule has 0 aliphatic heterocycles. The Hall–Kier alpha value is -1.11. The largest absolute Gasteiger partial charge is 0.496 e. The van der Waals surface area contributed by atoms with E-state index in [0.717, 1.165) is 22.3 Å². The Balaban J connectivity index is 2.06. The number of hydrogen-bond acceptors (Lipinski definition) is 3. The fraction of sp³-hybridized carbons (Fsp3) is 0.500. The second-order valence-electron chi connectivity index (χ2n) is 4.70. The molecule has 0 radical (unpaired) electrons. The number of aliphatic hydroxyl groups is 1. The van der Waals surface area contributed by atoms with Crippen LogP contribution in [0.25, 0.3) is 0 Å². The van der Waals surface area contributed by atoms with Crippen LogP contribution in [0.15, 0.2) is 18.2 Å². The van der Waals surface area contributed by atoms with Crippen LogP contribution >= 0.6 is 11.8 Å². The first-order valence-electron chi connectivity index (χ1n) is 6.71. The van der Waals surface area contributed by atoms with Gasteiger partial charge in [-0.05, 0) is 31.0 Å². The molecule has 0 aromatic heterocycles. The van der Waals surface area contributed by atoms with E-state index >= 15 is 0 Å². The number of benzene rings is 1. The summed E-state index contributed by atoms with van der Waals surface area (Å²) in [6.45, 7) is -0.0990. The van der Waals surface area contributed by atoms with Crippen molar-refractivity contribution in [2.75, 3.05) is 13.7 Å². The fourth-order valence-electron chi connectivity index (χ4n) is 2.37. The van der Waals surface area contributed by atoms with Crippen LogP contribution in [0.4, 0.5) is 0 Å². The maximum Gasteiger partial charge on any atom is 0.122 e. The lowest BCUT2D eigenvalue weighted by Crippen LogP contribution is -1.97. The van der Waals surface area contributed by atoms with E-state index in [0.29, 0.717) is 0 Å². The van der Waals surface area contributed by atoms with Gasteiger partial charge >= 0.3 is 0 Å². The number of rotatable bonds is 4. The maximum atomic E-state index is 8.74. The van der Waals surface area contributed by atoms with Gasteiger partial charge in [-0.2, -0.15) is 11.8 Å². The van der Waals surface area contributed by atoms with Crippen molar-refractivity contribution in [2.45, 2.75) is 36.7 Å². The Morgan fingerprint density at radius 1 is 1.37 bits per heavy atom. The van der Waals surface area contributed by atoms with E-state index < -0.39 is 0 Å².